The van der Waals surface area contributed by atoms with Gasteiger partial charge >= 0.3 is 7.12 Å². The van der Waals surface area contributed by atoms with Gasteiger partial charge in [-0.3, -0.25) is 0 Å². The Morgan fingerprint density at radius 3 is 2.00 bits per heavy atom. The molecule has 0 aromatic carbocycles. The van der Waals surface area contributed by atoms with Crippen LogP contribution in [0.5, 0.6) is 0 Å². The molecular weight excluding hydrogens is 235 g/mol. The predicted octanol–water partition coefficient (Wildman–Crippen LogP) is 4.85. The second-order valence-electron chi connectivity index (χ2n) is 7.02. The molecule has 1 atom stereocenters. The van der Waals surface area contributed by atoms with E-state index >= 15 is 0 Å². The fourth-order valence-corrected chi connectivity index (χ4v) is 2.25. The van der Waals surface area contributed by atoms with E-state index in [1.807, 2.05) is 0 Å². The molecule has 1 unspecified atom stereocenters. The SMILES string of the molecule is CCCC/C=C/C(B1OC(C)(C)C(C)(C)O1)C(C)C. The zero-order chi connectivity index (χ0) is 14.7. The zero-order valence-electron chi connectivity index (χ0n) is 13.8. The summed E-state index contributed by atoms with van der Waals surface area (Å²) in [6.07, 6.45) is 8.23. The zero-order valence-corrected chi connectivity index (χ0v) is 13.8. The molecule has 110 valence electrons. The molecular formula is C16H31BO2. The minimum atomic E-state index is -0.234. The minimum Gasteiger partial charge on any atom is -0.403 e. The smallest absolute Gasteiger partial charge is 0.403 e. The molecule has 0 amide bonds. The Labute approximate surface area is 120 Å². The lowest BCUT2D eigenvalue weighted by Crippen LogP contribution is -2.41. The monoisotopic (exact) mass is 266 g/mol. The molecule has 1 fully saturated rings. The summed E-state index contributed by atoms with van der Waals surface area (Å²) in [5, 5.41) is 0. The molecule has 0 spiro atoms. The Hall–Kier alpha value is -0.275. The van der Waals surface area contributed by atoms with Crippen LogP contribution in [0.25, 0.3) is 0 Å². The molecule has 1 saturated heterocycles. The van der Waals surface area contributed by atoms with Crippen molar-refractivity contribution >= 4 is 7.12 Å². The van der Waals surface area contributed by atoms with E-state index in [-0.39, 0.29) is 18.3 Å². The van der Waals surface area contributed by atoms with E-state index in [4.69, 9.17) is 9.31 Å². The van der Waals surface area contributed by atoms with Crippen LogP contribution in [-0.2, 0) is 9.31 Å². The highest BCUT2D eigenvalue weighted by atomic mass is 16.7. The van der Waals surface area contributed by atoms with Gasteiger partial charge in [-0.15, -0.1) is 0 Å². The van der Waals surface area contributed by atoms with E-state index in [1.54, 1.807) is 0 Å². The lowest BCUT2D eigenvalue weighted by molar-refractivity contribution is 0.00578. The number of allylic oxidation sites excluding steroid dienone is 2. The highest BCUT2D eigenvalue weighted by molar-refractivity contribution is 6.48. The molecule has 0 aromatic heterocycles. The fourth-order valence-electron chi connectivity index (χ4n) is 2.25. The predicted molar refractivity (Wildman–Crippen MR) is 83.3 cm³/mol. The van der Waals surface area contributed by atoms with E-state index in [9.17, 15) is 0 Å². The van der Waals surface area contributed by atoms with Gasteiger partial charge in [0.05, 0.1) is 11.2 Å². The van der Waals surface area contributed by atoms with E-state index in [0.717, 1.165) is 6.42 Å². The molecule has 19 heavy (non-hydrogen) atoms. The highest BCUT2D eigenvalue weighted by Gasteiger charge is 2.53. The Kier molecular flexibility index (Phi) is 5.70. The van der Waals surface area contributed by atoms with E-state index in [1.165, 1.54) is 12.8 Å². The van der Waals surface area contributed by atoms with Crippen molar-refractivity contribution in [1.29, 1.82) is 0 Å². The summed E-state index contributed by atoms with van der Waals surface area (Å²) in [6, 6.07) is 0. The maximum absolute atomic E-state index is 6.17. The first-order chi connectivity index (χ1) is 8.71. The van der Waals surface area contributed by atoms with E-state index < -0.39 is 0 Å². The van der Waals surface area contributed by atoms with Crippen molar-refractivity contribution in [2.75, 3.05) is 0 Å². The molecule has 0 radical (unpaired) electrons. The standard InChI is InChI=1S/C16H31BO2/c1-8-9-10-11-12-14(13(2)3)17-18-15(4,5)16(6,7)19-17/h11-14H,8-10H2,1-7H3/b12-11+. The average molecular weight is 266 g/mol. The molecule has 0 aliphatic carbocycles. The summed E-state index contributed by atoms with van der Waals surface area (Å²) in [5.74, 6) is 0.852. The van der Waals surface area contributed by atoms with Crippen LogP contribution in [0, 0.1) is 5.92 Å². The molecule has 0 N–H and O–H groups in total. The molecule has 0 aromatic rings. The summed E-state index contributed by atoms with van der Waals surface area (Å²) in [6.45, 7) is 15.2. The third-order valence-corrected chi connectivity index (χ3v) is 4.44. The van der Waals surface area contributed by atoms with Crippen LogP contribution < -0.4 is 0 Å². The van der Waals surface area contributed by atoms with Crippen molar-refractivity contribution < 1.29 is 9.31 Å². The summed E-state index contributed by atoms with van der Waals surface area (Å²) in [5.41, 5.74) is -0.468. The van der Waals surface area contributed by atoms with E-state index in [2.05, 4.69) is 60.6 Å². The summed E-state index contributed by atoms with van der Waals surface area (Å²) in [4.78, 5) is 0. The van der Waals surface area contributed by atoms with Crippen molar-refractivity contribution in [2.24, 2.45) is 5.92 Å². The van der Waals surface area contributed by atoms with Crippen molar-refractivity contribution in [3.05, 3.63) is 12.2 Å². The molecule has 0 bridgehead atoms. The average Bonchev–Trinajstić information content (AvgIpc) is 2.47. The lowest BCUT2D eigenvalue weighted by atomic mass is 9.65. The second kappa shape index (κ2) is 6.45. The first-order valence-electron chi connectivity index (χ1n) is 7.73. The first kappa shape index (κ1) is 16.8. The molecule has 3 heteroatoms. The van der Waals surface area contributed by atoms with Crippen LogP contribution in [0.4, 0.5) is 0 Å². The van der Waals surface area contributed by atoms with Crippen LogP contribution in [0.3, 0.4) is 0 Å². The molecule has 2 nitrogen and oxygen atoms in total. The first-order valence-corrected chi connectivity index (χ1v) is 7.73. The van der Waals surface area contributed by atoms with Gasteiger partial charge in [0.15, 0.2) is 0 Å². The largest absolute Gasteiger partial charge is 0.465 e. The molecule has 1 rings (SSSR count). The molecule has 0 saturated carbocycles. The van der Waals surface area contributed by atoms with Gasteiger partial charge in [0.1, 0.15) is 0 Å². The van der Waals surface area contributed by atoms with Crippen LogP contribution in [0.2, 0.25) is 5.82 Å². The van der Waals surface area contributed by atoms with Crippen molar-refractivity contribution in [2.45, 2.75) is 84.7 Å². The summed E-state index contributed by atoms with van der Waals surface area (Å²) in [7, 11) is -0.122. The Bertz CT molecular complexity index is 292. The normalized spacial score (nSPS) is 23.5. The van der Waals surface area contributed by atoms with Crippen molar-refractivity contribution in [3.63, 3.8) is 0 Å². The molecule has 1 heterocycles. The summed E-state index contributed by atoms with van der Waals surface area (Å²) < 4.78 is 12.3. The number of hydrogen-bond acceptors (Lipinski definition) is 2. The summed E-state index contributed by atoms with van der Waals surface area (Å²) >= 11 is 0. The number of unbranched alkanes of at least 4 members (excludes halogenated alkanes) is 2. The Balaban J connectivity index is 2.71. The van der Waals surface area contributed by atoms with Gasteiger partial charge < -0.3 is 9.31 Å². The van der Waals surface area contributed by atoms with Gasteiger partial charge in [0.2, 0.25) is 0 Å². The third-order valence-electron chi connectivity index (χ3n) is 4.44. The highest BCUT2D eigenvalue weighted by Crippen LogP contribution is 2.42. The van der Waals surface area contributed by atoms with E-state index in [0.29, 0.717) is 11.7 Å². The molecule has 1 aliphatic rings. The minimum absolute atomic E-state index is 0.122. The van der Waals surface area contributed by atoms with Crippen LogP contribution in [-0.4, -0.2) is 18.3 Å². The van der Waals surface area contributed by atoms with Crippen LogP contribution in [0.1, 0.15) is 67.7 Å². The van der Waals surface area contributed by atoms with Gasteiger partial charge in [-0.1, -0.05) is 45.8 Å². The third kappa shape index (κ3) is 4.09. The Morgan fingerprint density at radius 1 is 1.05 bits per heavy atom. The second-order valence-corrected chi connectivity index (χ2v) is 7.02. The maximum atomic E-state index is 6.17. The quantitative estimate of drug-likeness (QED) is 0.388. The van der Waals surface area contributed by atoms with Gasteiger partial charge in [-0.05, 0) is 40.0 Å². The Morgan fingerprint density at radius 2 is 1.58 bits per heavy atom. The van der Waals surface area contributed by atoms with Gasteiger partial charge in [-0.25, -0.2) is 0 Å². The van der Waals surface area contributed by atoms with Crippen molar-refractivity contribution in [1.82, 2.24) is 0 Å². The van der Waals surface area contributed by atoms with Gasteiger partial charge in [-0.2, -0.15) is 0 Å². The van der Waals surface area contributed by atoms with Gasteiger partial charge in [0.25, 0.3) is 0 Å². The fraction of sp³-hybridized carbons (Fsp3) is 0.875. The molecule has 1 aliphatic heterocycles. The van der Waals surface area contributed by atoms with Crippen LogP contribution in [0.15, 0.2) is 12.2 Å². The topological polar surface area (TPSA) is 18.5 Å². The number of hydrogen-bond donors (Lipinski definition) is 0. The lowest BCUT2D eigenvalue weighted by Gasteiger charge is -2.32. The number of rotatable bonds is 6. The van der Waals surface area contributed by atoms with Crippen molar-refractivity contribution in [3.8, 4) is 0 Å². The van der Waals surface area contributed by atoms with Crippen LogP contribution >= 0.6 is 0 Å². The van der Waals surface area contributed by atoms with Gasteiger partial charge in [0, 0.05) is 5.82 Å². The maximum Gasteiger partial charge on any atom is 0.465 e.